The van der Waals surface area contributed by atoms with E-state index in [1.54, 1.807) is 12.1 Å². The molecule has 4 nitrogen and oxygen atoms in total. The maximum absolute atomic E-state index is 10.2. The number of fused-ring (bicyclic) bond motifs is 1. The van der Waals surface area contributed by atoms with Crippen LogP contribution in [0.15, 0.2) is 47.1 Å². The molecule has 0 aromatic heterocycles. The Bertz CT molecular complexity index is 845. The molecule has 0 saturated heterocycles. The summed E-state index contributed by atoms with van der Waals surface area (Å²) >= 11 is 0. The first kappa shape index (κ1) is 25.2. The third-order valence-electron chi connectivity index (χ3n) is 6.07. The Kier molecular flexibility index (Phi) is 8.96. The van der Waals surface area contributed by atoms with Crippen LogP contribution in [0.4, 0.5) is 0 Å². The van der Waals surface area contributed by atoms with Crippen molar-refractivity contribution in [2.75, 3.05) is 0 Å². The molecule has 0 fully saturated rings. The summed E-state index contributed by atoms with van der Waals surface area (Å²) in [5.41, 5.74) is 5.02. The molecule has 0 aliphatic carbocycles. The molecule has 0 saturated carbocycles. The first-order valence-corrected chi connectivity index (χ1v) is 11.4. The molecule has 0 unspecified atom stereocenters. The number of rotatable bonds is 9. The first-order chi connectivity index (χ1) is 14.5. The monoisotopic (exact) mass is 428 g/mol. The molecule has 1 aromatic carbocycles. The minimum absolute atomic E-state index is 0.187. The zero-order valence-corrected chi connectivity index (χ0v) is 20.0. The number of hydrogen-bond donors (Lipinski definition) is 3. The molecule has 1 aromatic rings. The summed E-state index contributed by atoms with van der Waals surface area (Å²) < 4.78 is 6.37. The molecule has 3 N–H and O–H groups in total. The van der Waals surface area contributed by atoms with Crippen LogP contribution >= 0.6 is 0 Å². The quantitative estimate of drug-likeness (QED) is 0.427. The highest BCUT2D eigenvalue weighted by Gasteiger charge is 2.32. The molecule has 1 aliphatic heterocycles. The van der Waals surface area contributed by atoms with Crippen molar-refractivity contribution in [1.82, 2.24) is 0 Å². The van der Waals surface area contributed by atoms with E-state index in [0.717, 1.165) is 66.5 Å². The van der Waals surface area contributed by atoms with Gasteiger partial charge in [-0.3, -0.25) is 0 Å². The van der Waals surface area contributed by atoms with Crippen LogP contribution in [0.2, 0.25) is 0 Å². The van der Waals surface area contributed by atoms with Gasteiger partial charge in [0.1, 0.15) is 29.3 Å². The predicted octanol–water partition coefficient (Wildman–Crippen LogP) is 5.93. The second-order valence-electron chi connectivity index (χ2n) is 9.56. The topological polar surface area (TPSA) is 69.9 Å². The minimum Gasteiger partial charge on any atom is -0.508 e. The van der Waals surface area contributed by atoms with Crippen molar-refractivity contribution in [3.05, 3.63) is 58.2 Å². The maximum atomic E-state index is 10.2. The van der Waals surface area contributed by atoms with Crippen molar-refractivity contribution >= 4 is 0 Å². The Labute approximate surface area is 188 Å². The van der Waals surface area contributed by atoms with Gasteiger partial charge in [-0.15, -0.1) is 0 Å². The lowest BCUT2D eigenvalue weighted by atomic mass is 9.87. The Morgan fingerprint density at radius 3 is 2.52 bits per heavy atom. The summed E-state index contributed by atoms with van der Waals surface area (Å²) in [5, 5.41) is 30.0. The smallest absolute Gasteiger partial charge is 0.126 e. The van der Waals surface area contributed by atoms with E-state index < -0.39 is 12.2 Å². The van der Waals surface area contributed by atoms with Crippen LogP contribution in [-0.4, -0.2) is 33.1 Å². The number of phenols is 1. The van der Waals surface area contributed by atoms with Gasteiger partial charge < -0.3 is 20.1 Å². The molecule has 4 heteroatoms. The highest BCUT2D eigenvalue weighted by atomic mass is 16.5. The van der Waals surface area contributed by atoms with Gasteiger partial charge in [0.05, 0.1) is 0 Å². The van der Waals surface area contributed by atoms with E-state index in [-0.39, 0.29) is 5.60 Å². The summed E-state index contributed by atoms with van der Waals surface area (Å²) in [4.78, 5) is 0. The molecule has 0 amide bonds. The molecule has 0 bridgehead atoms. The molecular weight excluding hydrogens is 388 g/mol. The fraction of sp³-hybridized carbons (Fsp3) is 0.556. The normalized spacial score (nSPS) is 21.2. The lowest BCUT2D eigenvalue weighted by molar-refractivity contribution is 0.0561. The van der Waals surface area contributed by atoms with Gasteiger partial charge >= 0.3 is 0 Å². The summed E-state index contributed by atoms with van der Waals surface area (Å²) in [6, 6.07) is 3.58. The van der Waals surface area contributed by atoms with Crippen molar-refractivity contribution in [3.8, 4) is 11.5 Å². The molecule has 2 rings (SSSR count). The summed E-state index contributed by atoms with van der Waals surface area (Å²) in [6.45, 7) is 12.0. The predicted molar refractivity (Wildman–Crippen MR) is 128 cm³/mol. The van der Waals surface area contributed by atoms with E-state index in [1.807, 2.05) is 39.8 Å². The number of aryl methyl sites for hydroxylation is 2. The van der Waals surface area contributed by atoms with Crippen molar-refractivity contribution in [3.63, 3.8) is 0 Å². The van der Waals surface area contributed by atoms with Crippen LogP contribution in [0, 0.1) is 6.92 Å². The van der Waals surface area contributed by atoms with E-state index in [9.17, 15) is 15.3 Å². The molecule has 31 heavy (non-hydrogen) atoms. The fourth-order valence-electron chi connectivity index (χ4n) is 4.11. The van der Waals surface area contributed by atoms with Gasteiger partial charge in [-0.2, -0.15) is 0 Å². The van der Waals surface area contributed by atoms with E-state index in [0.29, 0.717) is 5.75 Å². The van der Waals surface area contributed by atoms with Crippen LogP contribution in [-0.2, 0) is 6.42 Å². The Hall–Kier alpha value is -2.04. The lowest BCUT2D eigenvalue weighted by Crippen LogP contribution is -2.36. The number of ether oxygens (including phenoxy) is 1. The van der Waals surface area contributed by atoms with Crippen molar-refractivity contribution < 1.29 is 20.1 Å². The van der Waals surface area contributed by atoms with Crippen molar-refractivity contribution in [2.24, 2.45) is 0 Å². The standard InChI is InChI=1S/C27H40O4/c1-18(2)15-24(29)25(30)20(4)11-7-9-19(3)10-8-13-27(6)14-12-22-17-23(28)16-21(5)26(22)31-27/h10-11,15-17,24-25,28-30H,7-9,12-14H2,1-6H3/b19-10+,20-11+/t24-,25-,27-/m1/s1. The van der Waals surface area contributed by atoms with Gasteiger partial charge in [0.25, 0.3) is 0 Å². The average molecular weight is 429 g/mol. The third-order valence-corrected chi connectivity index (χ3v) is 6.07. The molecule has 0 radical (unpaired) electrons. The van der Waals surface area contributed by atoms with Gasteiger partial charge in [-0.1, -0.05) is 29.4 Å². The molecule has 172 valence electrons. The van der Waals surface area contributed by atoms with Crippen molar-refractivity contribution in [2.45, 2.75) is 97.9 Å². The zero-order chi connectivity index (χ0) is 23.2. The highest BCUT2D eigenvalue weighted by Crippen LogP contribution is 2.39. The van der Waals surface area contributed by atoms with Gasteiger partial charge in [0, 0.05) is 0 Å². The molecule has 3 atom stereocenters. The van der Waals surface area contributed by atoms with Gasteiger partial charge in [0.2, 0.25) is 0 Å². The number of allylic oxidation sites excluding steroid dienone is 4. The SMILES string of the molecule is CC(C)=C[C@@H](O)[C@H](O)/C(C)=C/CC/C(C)=C/CC[C@]1(C)CCc2cc(O)cc(C)c2O1. The second-order valence-corrected chi connectivity index (χ2v) is 9.56. The molecule has 0 spiro atoms. The highest BCUT2D eigenvalue weighted by molar-refractivity contribution is 5.47. The van der Waals surface area contributed by atoms with Crippen LogP contribution in [0.25, 0.3) is 0 Å². The molecule has 1 aliphatic rings. The van der Waals surface area contributed by atoms with E-state index in [2.05, 4.69) is 19.9 Å². The largest absolute Gasteiger partial charge is 0.508 e. The zero-order valence-electron chi connectivity index (χ0n) is 20.0. The summed E-state index contributed by atoms with van der Waals surface area (Å²) in [7, 11) is 0. The Morgan fingerprint density at radius 2 is 1.84 bits per heavy atom. The average Bonchev–Trinajstić information content (AvgIpc) is 2.67. The fourth-order valence-corrected chi connectivity index (χ4v) is 4.11. The second kappa shape index (κ2) is 11.0. The van der Waals surface area contributed by atoms with E-state index >= 15 is 0 Å². The van der Waals surface area contributed by atoms with Gasteiger partial charge in [0.15, 0.2) is 0 Å². The molecule has 1 heterocycles. The minimum atomic E-state index is -0.855. The van der Waals surface area contributed by atoms with Crippen molar-refractivity contribution in [1.29, 1.82) is 0 Å². The Balaban J connectivity index is 1.84. The number of phenolic OH excluding ortho intramolecular Hbond substituents is 1. The lowest BCUT2D eigenvalue weighted by Gasteiger charge is -2.36. The maximum Gasteiger partial charge on any atom is 0.126 e. The third kappa shape index (κ3) is 7.55. The van der Waals surface area contributed by atoms with Crippen LogP contribution in [0.5, 0.6) is 11.5 Å². The number of aliphatic hydroxyl groups is 2. The summed E-state index contributed by atoms with van der Waals surface area (Å²) in [6.07, 6.45) is 9.84. The van der Waals surface area contributed by atoms with Crippen LogP contribution in [0.3, 0.4) is 0 Å². The Morgan fingerprint density at radius 1 is 1.13 bits per heavy atom. The summed E-state index contributed by atoms with van der Waals surface area (Å²) in [5.74, 6) is 1.24. The van der Waals surface area contributed by atoms with E-state index in [1.165, 1.54) is 5.57 Å². The van der Waals surface area contributed by atoms with E-state index in [4.69, 9.17) is 4.74 Å². The van der Waals surface area contributed by atoms with Crippen LogP contribution < -0.4 is 4.74 Å². The number of aliphatic hydroxyl groups excluding tert-OH is 2. The number of hydrogen-bond acceptors (Lipinski definition) is 4. The van der Waals surface area contributed by atoms with Gasteiger partial charge in [-0.05, 0) is 109 Å². The number of aromatic hydroxyl groups is 1. The molecular formula is C27H40O4. The van der Waals surface area contributed by atoms with Gasteiger partial charge in [-0.25, -0.2) is 0 Å². The van der Waals surface area contributed by atoms with Crippen LogP contribution in [0.1, 0.15) is 77.8 Å². The number of benzene rings is 1. The first-order valence-electron chi connectivity index (χ1n) is 11.4.